The summed E-state index contributed by atoms with van der Waals surface area (Å²) in [6, 6.07) is 18.8. The molecule has 0 saturated heterocycles. The third kappa shape index (κ3) is 4.39. The van der Waals surface area contributed by atoms with Crippen molar-refractivity contribution in [3.05, 3.63) is 65.7 Å². The molecule has 20 heavy (non-hydrogen) atoms. The van der Waals surface area contributed by atoms with E-state index >= 15 is 0 Å². The van der Waals surface area contributed by atoms with Gasteiger partial charge in [-0.15, -0.1) is 0 Å². The molecule has 0 aliphatic rings. The Morgan fingerprint density at radius 2 is 1.65 bits per heavy atom. The second kappa shape index (κ2) is 6.58. The van der Waals surface area contributed by atoms with E-state index in [1.54, 1.807) is 7.11 Å². The predicted octanol–water partition coefficient (Wildman–Crippen LogP) is 3.81. The van der Waals surface area contributed by atoms with Crippen molar-refractivity contribution in [3.8, 4) is 5.75 Å². The summed E-state index contributed by atoms with van der Waals surface area (Å²) in [4.78, 5) is 0. The van der Waals surface area contributed by atoms with E-state index in [-0.39, 0.29) is 5.54 Å². The van der Waals surface area contributed by atoms with Crippen molar-refractivity contribution >= 4 is 0 Å². The van der Waals surface area contributed by atoms with Gasteiger partial charge in [0.2, 0.25) is 0 Å². The molecule has 106 valence electrons. The lowest BCUT2D eigenvalue weighted by atomic mass is 9.94. The summed E-state index contributed by atoms with van der Waals surface area (Å²) in [6.45, 7) is 5.35. The normalized spacial score (nSPS) is 11.3. The number of nitrogens with one attached hydrogen (secondary N) is 1. The molecule has 0 spiro atoms. The zero-order chi connectivity index (χ0) is 14.4. The van der Waals surface area contributed by atoms with Crippen LogP contribution in [0.2, 0.25) is 0 Å². The van der Waals surface area contributed by atoms with Gasteiger partial charge in [0.1, 0.15) is 5.75 Å². The molecule has 0 aliphatic heterocycles. The molecule has 0 aliphatic carbocycles. The second-order valence-electron chi connectivity index (χ2n) is 5.75. The minimum atomic E-state index is 0.0439. The SMILES string of the molecule is COc1cccc(CC(C)(C)NCc2ccccc2)c1. The van der Waals surface area contributed by atoms with Gasteiger partial charge in [-0.2, -0.15) is 0 Å². The number of ether oxygens (including phenoxy) is 1. The van der Waals surface area contributed by atoms with Crippen LogP contribution in [-0.4, -0.2) is 12.6 Å². The smallest absolute Gasteiger partial charge is 0.119 e. The Kier molecular flexibility index (Phi) is 4.80. The first kappa shape index (κ1) is 14.6. The van der Waals surface area contributed by atoms with Crippen LogP contribution in [0.3, 0.4) is 0 Å². The van der Waals surface area contributed by atoms with E-state index in [0.29, 0.717) is 0 Å². The Morgan fingerprint density at radius 3 is 2.35 bits per heavy atom. The van der Waals surface area contributed by atoms with E-state index < -0.39 is 0 Å². The highest BCUT2D eigenvalue weighted by atomic mass is 16.5. The molecule has 2 rings (SSSR count). The van der Waals surface area contributed by atoms with E-state index in [0.717, 1.165) is 18.7 Å². The van der Waals surface area contributed by atoms with Crippen molar-refractivity contribution in [2.75, 3.05) is 7.11 Å². The topological polar surface area (TPSA) is 21.3 Å². The fourth-order valence-electron chi connectivity index (χ4n) is 2.29. The molecular formula is C18H23NO. The molecular weight excluding hydrogens is 246 g/mol. The molecule has 2 heteroatoms. The van der Waals surface area contributed by atoms with Gasteiger partial charge in [-0.3, -0.25) is 0 Å². The monoisotopic (exact) mass is 269 g/mol. The van der Waals surface area contributed by atoms with Crippen LogP contribution in [0.1, 0.15) is 25.0 Å². The summed E-state index contributed by atoms with van der Waals surface area (Å²) in [7, 11) is 1.71. The molecule has 0 saturated carbocycles. The van der Waals surface area contributed by atoms with Gasteiger partial charge in [0.15, 0.2) is 0 Å². The molecule has 0 heterocycles. The first-order chi connectivity index (χ1) is 9.59. The number of hydrogen-bond acceptors (Lipinski definition) is 2. The summed E-state index contributed by atoms with van der Waals surface area (Å²) in [5.41, 5.74) is 2.64. The molecule has 0 amide bonds. The maximum atomic E-state index is 5.28. The van der Waals surface area contributed by atoms with Crippen molar-refractivity contribution in [1.82, 2.24) is 5.32 Å². The van der Waals surface area contributed by atoms with Gasteiger partial charge in [-0.25, -0.2) is 0 Å². The maximum absolute atomic E-state index is 5.28. The maximum Gasteiger partial charge on any atom is 0.119 e. The summed E-state index contributed by atoms with van der Waals surface area (Å²) in [5, 5.41) is 3.62. The lowest BCUT2D eigenvalue weighted by molar-refractivity contribution is 0.382. The zero-order valence-corrected chi connectivity index (χ0v) is 12.5. The molecule has 2 aromatic carbocycles. The van der Waals surface area contributed by atoms with Crippen LogP contribution in [0.15, 0.2) is 54.6 Å². The van der Waals surface area contributed by atoms with Gasteiger partial charge in [-0.05, 0) is 43.5 Å². The Balaban J connectivity index is 1.96. The second-order valence-corrected chi connectivity index (χ2v) is 5.75. The number of rotatable bonds is 6. The third-order valence-corrected chi connectivity index (χ3v) is 3.39. The van der Waals surface area contributed by atoms with Gasteiger partial charge >= 0.3 is 0 Å². The van der Waals surface area contributed by atoms with E-state index in [1.165, 1.54) is 11.1 Å². The Hall–Kier alpha value is -1.80. The molecule has 0 unspecified atom stereocenters. The van der Waals surface area contributed by atoms with Crippen molar-refractivity contribution in [2.45, 2.75) is 32.4 Å². The van der Waals surface area contributed by atoms with Crippen LogP contribution in [0.5, 0.6) is 5.75 Å². The first-order valence-corrected chi connectivity index (χ1v) is 7.01. The summed E-state index contributed by atoms with van der Waals surface area (Å²) in [6.07, 6.45) is 0.969. The number of hydrogen-bond donors (Lipinski definition) is 1. The van der Waals surface area contributed by atoms with E-state index in [2.05, 4.69) is 55.6 Å². The fraction of sp³-hybridized carbons (Fsp3) is 0.333. The first-order valence-electron chi connectivity index (χ1n) is 7.01. The Bertz CT molecular complexity index is 534. The van der Waals surface area contributed by atoms with Crippen LogP contribution >= 0.6 is 0 Å². The van der Waals surface area contributed by atoms with Crippen LogP contribution < -0.4 is 10.1 Å². The minimum Gasteiger partial charge on any atom is -0.497 e. The highest BCUT2D eigenvalue weighted by Crippen LogP contribution is 2.18. The lowest BCUT2D eigenvalue weighted by Crippen LogP contribution is -2.40. The van der Waals surface area contributed by atoms with E-state index in [4.69, 9.17) is 4.74 Å². The number of methoxy groups -OCH3 is 1. The summed E-state index contributed by atoms with van der Waals surface area (Å²) < 4.78 is 5.28. The Morgan fingerprint density at radius 1 is 0.950 bits per heavy atom. The average Bonchev–Trinajstić information content (AvgIpc) is 2.46. The molecule has 0 aromatic heterocycles. The van der Waals surface area contributed by atoms with Crippen molar-refractivity contribution in [3.63, 3.8) is 0 Å². The molecule has 0 fully saturated rings. The summed E-state index contributed by atoms with van der Waals surface area (Å²) >= 11 is 0. The highest BCUT2D eigenvalue weighted by molar-refractivity contribution is 5.29. The minimum absolute atomic E-state index is 0.0439. The average molecular weight is 269 g/mol. The fourth-order valence-corrected chi connectivity index (χ4v) is 2.29. The molecule has 0 radical (unpaired) electrons. The van der Waals surface area contributed by atoms with Crippen LogP contribution in [0, 0.1) is 0 Å². The van der Waals surface area contributed by atoms with Crippen molar-refractivity contribution < 1.29 is 4.74 Å². The quantitative estimate of drug-likeness (QED) is 0.861. The van der Waals surface area contributed by atoms with Crippen LogP contribution in [0.4, 0.5) is 0 Å². The molecule has 2 aromatic rings. The van der Waals surface area contributed by atoms with Gasteiger partial charge < -0.3 is 10.1 Å². The molecule has 1 N–H and O–H groups in total. The van der Waals surface area contributed by atoms with E-state index in [9.17, 15) is 0 Å². The van der Waals surface area contributed by atoms with Crippen LogP contribution in [-0.2, 0) is 13.0 Å². The highest BCUT2D eigenvalue weighted by Gasteiger charge is 2.17. The van der Waals surface area contributed by atoms with Gasteiger partial charge in [0, 0.05) is 12.1 Å². The van der Waals surface area contributed by atoms with Gasteiger partial charge in [-0.1, -0.05) is 42.5 Å². The number of benzene rings is 2. The van der Waals surface area contributed by atoms with Crippen molar-refractivity contribution in [2.24, 2.45) is 0 Å². The molecule has 0 bridgehead atoms. The van der Waals surface area contributed by atoms with Gasteiger partial charge in [0.05, 0.1) is 7.11 Å². The van der Waals surface area contributed by atoms with E-state index in [1.807, 2.05) is 18.2 Å². The third-order valence-electron chi connectivity index (χ3n) is 3.39. The zero-order valence-electron chi connectivity index (χ0n) is 12.5. The van der Waals surface area contributed by atoms with Crippen molar-refractivity contribution in [1.29, 1.82) is 0 Å². The predicted molar refractivity (Wildman–Crippen MR) is 84.1 cm³/mol. The van der Waals surface area contributed by atoms with Crippen LogP contribution in [0.25, 0.3) is 0 Å². The summed E-state index contributed by atoms with van der Waals surface area (Å²) in [5.74, 6) is 0.918. The lowest BCUT2D eigenvalue weighted by Gasteiger charge is -2.27. The Labute approximate surface area is 121 Å². The van der Waals surface area contributed by atoms with Gasteiger partial charge in [0.25, 0.3) is 0 Å². The largest absolute Gasteiger partial charge is 0.497 e. The molecule has 2 nitrogen and oxygen atoms in total. The molecule has 0 atom stereocenters. The standard InChI is InChI=1S/C18H23NO/c1-18(2,19-14-15-8-5-4-6-9-15)13-16-10-7-11-17(12-16)20-3/h4-12,19H,13-14H2,1-3H3.